The lowest BCUT2D eigenvalue weighted by Gasteiger charge is -2.41. The topological polar surface area (TPSA) is 94.9 Å². The van der Waals surface area contributed by atoms with Crippen LogP contribution in [-0.2, 0) is 9.59 Å². The molecule has 2 aromatic rings. The fraction of sp³-hybridized carbons (Fsp3) is 0.409. The highest BCUT2D eigenvalue weighted by Gasteiger charge is 2.41. The smallest absolute Gasteiger partial charge is 0.256 e. The lowest BCUT2D eigenvalue weighted by Crippen LogP contribution is -2.60. The highest BCUT2D eigenvalue weighted by atomic mass is 16.3. The molecule has 0 spiro atoms. The molecule has 0 bridgehead atoms. The molecule has 0 aliphatic carbocycles. The number of piperidine rings is 1. The molecule has 0 saturated carbocycles. The van der Waals surface area contributed by atoms with Crippen LogP contribution in [0.3, 0.4) is 0 Å². The van der Waals surface area contributed by atoms with Crippen LogP contribution >= 0.6 is 0 Å². The summed E-state index contributed by atoms with van der Waals surface area (Å²) < 4.78 is 5.44. The summed E-state index contributed by atoms with van der Waals surface area (Å²) in [6.07, 6.45) is 3.21. The van der Waals surface area contributed by atoms with Crippen molar-refractivity contribution in [3.63, 3.8) is 0 Å². The molecule has 2 fully saturated rings. The number of rotatable bonds is 2. The van der Waals surface area contributed by atoms with E-state index in [0.29, 0.717) is 30.1 Å². The first-order valence-corrected chi connectivity index (χ1v) is 10.4. The second kappa shape index (κ2) is 7.60. The van der Waals surface area contributed by atoms with E-state index in [1.165, 1.54) is 0 Å². The van der Waals surface area contributed by atoms with E-state index >= 15 is 0 Å². The summed E-state index contributed by atoms with van der Waals surface area (Å²) in [5, 5.41) is 6.15. The highest BCUT2D eigenvalue weighted by Crippen LogP contribution is 2.30. The molecule has 3 aliphatic rings. The summed E-state index contributed by atoms with van der Waals surface area (Å²) in [7, 11) is 0. The minimum absolute atomic E-state index is 0.00427. The first kappa shape index (κ1) is 18.9. The van der Waals surface area contributed by atoms with Gasteiger partial charge in [0.25, 0.3) is 5.91 Å². The molecule has 4 heterocycles. The van der Waals surface area contributed by atoms with Gasteiger partial charge in [0.2, 0.25) is 11.8 Å². The zero-order chi connectivity index (χ0) is 20.7. The maximum atomic E-state index is 13.3. The van der Waals surface area contributed by atoms with Crippen molar-refractivity contribution in [2.75, 3.05) is 38.0 Å². The Morgan fingerprint density at radius 1 is 1.10 bits per heavy atom. The van der Waals surface area contributed by atoms with Crippen LogP contribution < -0.4 is 10.6 Å². The molecular formula is C22H24N4O4. The van der Waals surface area contributed by atoms with E-state index in [1.807, 2.05) is 12.1 Å². The van der Waals surface area contributed by atoms with E-state index in [9.17, 15) is 14.4 Å². The molecule has 30 heavy (non-hydrogen) atoms. The number of hydrogen-bond acceptors (Lipinski definition) is 5. The fourth-order valence-electron chi connectivity index (χ4n) is 4.57. The molecule has 2 saturated heterocycles. The number of piperazine rings is 1. The lowest BCUT2D eigenvalue weighted by molar-refractivity contribution is -0.140. The number of amides is 3. The molecule has 8 heteroatoms. The van der Waals surface area contributed by atoms with Gasteiger partial charge in [0, 0.05) is 24.6 Å². The first-order chi connectivity index (χ1) is 14.6. The summed E-state index contributed by atoms with van der Waals surface area (Å²) in [6.45, 7) is 2.71. The Balaban J connectivity index is 1.39. The van der Waals surface area contributed by atoms with Gasteiger partial charge in [0.05, 0.1) is 24.1 Å². The van der Waals surface area contributed by atoms with Gasteiger partial charge in [-0.1, -0.05) is 0 Å². The number of hydrogen-bond donors (Lipinski definition) is 2. The monoisotopic (exact) mass is 408 g/mol. The number of carbonyl (C=O) groups is 3. The van der Waals surface area contributed by atoms with Gasteiger partial charge >= 0.3 is 0 Å². The number of benzene rings is 1. The third kappa shape index (κ3) is 3.27. The van der Waals surface area contributed by atoms with Gasteiger partial charge in [-0.05, 0) is 56.3 Å². The number of anilines is 1. The fourth-order valence-corrected chi connectivity index (χ4v) is 4.57. The van der Waals surface area contributed by atoms with Gasteiger partial charge in [0.1, 0.15) is 11.8 Å². The molecule has 3 aliphatic heterocycles. The predicted octanol–water partition coefficient (Wildman–Crippen LogP) is 1.55. The third-order valence-corrected chi connectivity index (χ3v) is 6.26. The summed E-state index contributed by atoms with van der Waals surface area (Å²) >= 11 is 0. The quantitative estimate of drug-likeness (QED) is 0.786. The second-order valence-electron chi connectivity index (χ2n) is 8.05. The molecular weight excluding hydrogens is 384 g/mol. The largest absolute Gasteiger partial charge is 0.464 e. The number of carbonyl (C=O) groups excluding carboxylic acids is 3. The SMILES string of the molecule is O=C1Nc2ccc(-c3ccco3)cc2C(=O)N2CCN(C(=O)C3CCNCC3)CC12. The Labute approximate surface area is 174 Å². The number of nitrogens with zero attached hydrogens (tertiary/aromatic N) is 2. The highest BCUT2D eigenvalue weighted by molar-refractivity contribution is 6.10. The molecule has 0 radical (unpaired) electrons. The van der Waals surface area contributed by atoms with Crippen LogP contribution in [0.4, 0.5) is 5.69 Å². The van der Waals surface area contributed by atoms with Gasteiger partial charge < -0.3 is 24.9 Å². The summed E-state index contributed by atoms with van der Waals surface area (Å²) in [5.74, 6) is 0.301. The first-order valence-electron chi connectivity index (χ1n) is 10.4. The van der Waals surface area contributed by atoms with Gasteiger partial charge in [-0.15, -0.1) is 0 Å². The molecule has 1 atom stereocenters. The number of furan rings is 1. The lowest BCUT2D eigenvalue weighted by atomic mass is 9.95. The maximum Gasteiger partial charge on any atom is 0.256 e. The van der Waals surface area contributed by atoms with Crippen molar-refractivity contribution in [1.82, 2.24) is 15.1 Å². The molecule has 1 aromatic heterocycles. The van der Waals surface area contributed by atoms with Crippen LogP contribution in [0.25, 0.3) is 11.3 Å². The van der Waals surface area contributed by atoms with Crippen molar-refractivity contribution in [1.29, 1.82) is 0 Å². The van der Waals surface area contributed by atoms with Crippen LogP contribution in [0.5, 0.6) is 0 Å². The van der Waals surface area contributed by atoms with E-state index in [4.69, 9.17) is 4.42 Å². The van der Waals surface area contributed by atoms with Crippen LogP contribution in [0.2, 0.25) is 0 Å². The van der Waals surface area contributed by atoms with Gasteiger partial charge in [-0.3, -0.25) is 14.4 Å². The van der Waals surface area contributed by atoms with Crippen molar-refractivity contribution in [2.45, 2.75) is 18.9 Å². The molecule has 3 amide bonds. The van der Waals surface area contributed by atoms with Gasteiger partial charge in [0.15, 0.2) is 0 Å². The zero-order valence-electron chi connectivity index (χ0n) is 16.6. The van der Waals surface area contributed by atoms with Crippen molar-refractivity contribution >= 4 is 23.4 Å². The van der Waals surface area contributed by atoms with Crippen LogP contribution in [-0.4, -0.2) is 66.3 Å². The second-order valence-corrected chi connectivity index (χ2v) is 8.05. The molecule has 2 N–H and O–H groups in total. The normalized spacial score (nSPS) is 22.2. The molecule has 8 nitrogen and oxygen atoms in total. The summed E-state index contributed by atoms with van der Waals surface area (Å²) in [5.41, 5.74) is 1.71. The predicted molar refractivity (Wildman–Crippen MR) is 110 cm³/mol. The molecule has 1 aromatic carbocycles. The number of nitrogens with one attached hydrogen (secondary N) is 2. The van der Waals surface area contributed by atoms with E-state index < -0.39 is 6.04 Å². The average Bonchev–Trinajstić information content (AvgIpc) is 3.30. The molecule has 156 valence electrons. The minimum atomic E-state index is -0.684. The Hall–Kier alpha value is -3.13. The average molecular weight is 408 g/mol. The van der Waals surface area contributed by atoms with Gasteiger partial charge in [-0.25, -0.2) is 0 Å². The Bertz CT molecular complexity index is 981. The van der Waals surface area contributed by atoms with Crippen LogP contribution in [0, 0.1) is 5.92 Å². The van der Waals surface area contributed by atoms with Crippen molar-refractivity contribution < 1.29 is 18.8 Å². The zero-order valence-corrected chi connectivity index (χ0v) is 16.6. The van der Waals surface area contributed by atoms with Crippen molar-refractivity contribution in [3.8, 4) is 11.3 Å². The maximum absolute atomic E-state index is 13.3. The summed E-state index contributed by atoms with van der Waals surface area (Å²) in [6, 6.07) is 8.25. The Morgan fingerprint density at radius 3 is 2.70 bits per heavy atom. The molecule has 5 rings (SSSR count). The standard InChI is InChI=1S/C22H24N4O4/c27-20-18-13-25(21(28)14-5-7-23-8-6-14)9-10-26(18)22(29)16-12-15(3-4-17(16)24-20)19-2-1-11-30-19/h1-4,11-12,14,18,23H,5-10,13H2,(H,24,27). The van der Waals surface area contributed by atoms with Crippen LogP contribution in [0.1, 0.15) is 23.2 Å². The van der Waals surface area contributed by atoms with E-state index in [2.05, 4.69) is 10.6 Å². The van der Waals surface area contributed by atoms with E-state index in [0.717, 1.165) is 31.5 Å². The van der Waals surface area contributed by atoms with Crippen LogP contribution in [0.15, 0.2) is 41.0 Å². The summed E-state index contributed by atoms with van der Waals surface area (Å²) in [4.78, 5) is 42.6. The molecule has 1 unspecified atom stereocenters. The third-order valence-electron chi connectivity index (χ3n) is 6.26. The van der Waals surface area contributed by atoms with E-state index in [-0.39, 0.29) is 30.2 Å². The van der Waals surface area contributed by atoms with Crippen molar-refractivity contribution in [3.05, 3.63) is 42.2 Å². The number of fused-ring (bicyclic) bond motifs is 2. The Kier molecular flexibility index (Phi) is 4.78. The minimum Gasteiger partial charge on any atom is -0.464 e. The Morgan fingerprint density at radius 2 is 1.93 bits per heavy atom. The van der Waals surface area contributed by atoms with Gasteiger partial charge in [-0.2, -0.15) is 0 Å². The van der Waals surface area contributed by atoms with E-state index in [1.54, 1.807) is 34.3 Å². The van der Waals surface area contributed by atoms with Crippen molar-refractivity contribution in [2.24, 2.45) is 5.92 Å².